The van der Waals surface area contributed by atoms with Gasteiger partial charge in [-0.1, -0.05) is 18.2 Å². The number of fused-ring (bicyclic) bond motifs is 1. The Bertz CT molecular complexity index is 757. The van der Waals surface area contributed by atoms with Gasteiger partial charge in [0.1, 0.15) is 0 Å². The van der Waals surface area contributed by atoms with E-state index >= 15 is 0 Å². The Morgan fingerprint density at radius 3 is 2.90 bits per heavy atom. The number of aryl methyl sites for hydroxylation is 2. The summed E-state index contributed by atoms with van der Waals surface area (Å²) in [7, 11) is 0. The Kier molecular flexibility index (Phi) is 4.06. The maximum atomic E-state index is 12.0. The van der Waals surface area contributed by atoms with Gasteiger partial charge in [0.25, 0.3) is 0 Å². The molecule has 0 unspecified atom stereocenters. The highest BCUT2D eigenvalue weighted by Crippen LogP contribution is 2.16. The maximum Gasteiger partial charge on any atom is 0.222 e. The number of para-hydroxylation sites is 1. The summed E-state index contributed by atoms with van der Waals surface area (Å²) in [5.74, 6) is 0.0978. The highest BCUT2D eigenvalue weighted by atomic mass is 32.1. The van der Waals surface area contributed by atoms with Crippen molar-refractivity contribution < 1.29 is 4.79 Å². The van der Waals surface area contributed by atoms with Crippen molar-refractivity contribution >= 4 is 28.1 Å². The number of nitrogens with zero attached hydrogens (tertiary/aromatic N) is 1. The zero-order chi connectivity index (χ0) is 14.7. The van der Waals surface area contributed by atoms with Crippen LogP contribution in [-0.4, -0.2) is 10.5 Å². The van der Waals surface area contributed by atoms with Gasteiger partial charge in [0.2, 0.25) is 5.91 Å². The van der Waals surface area contributed by atoms with E-state index in [9.17, 15) is 4.79 Å². The number of nitrogens with one attached hydrogen (secondary N) is 1. The zero-order valence-corrected chi connectivity index (χ0v) is 12.8. The van der Waals surface area contributed by atoms with Gasteiger partial charge >= 0.3 is 0 Å². The molecular formula is C17H18N2OS. The lowest BCUT2D eigenvalue weighted by Gasteiger charge is -2.07. The van der Waals surface area contributed by atoms with Gasteiger partial charge in [0, 0.05) is 29.6 Å². The number of carbonyl (C=O) groups is 1. The van der Waals surface area contributed by atoms with Gasteiger partial charge < -0.3 is 9.88 Å². The largest absolute Gasteiger partial charge is 0.351 e. The molecule has 1 aromatic carbocycles. The molecule has 3 rings (SSSR count). The molecule has 2 aromatic heterocycles. The van der Waals surface area contributed by atoms with Gasteiger partial charge in [-0.15, -0.1) is 11.3 Å². The number of thiophene rings is 1. The minimum atomic E-state index is 0.0978. The van der Waals surface area contributed by atoms with Crippen molar-refractivity contribution in [2.45, 2.75) is 26.4 Å². The molecule has 3 nitrogen and oxygen atoms in total. The Morgan fingerprint density at radius 2 is 2.10 bits per heavy atom. The van der Waals surface area contributed by atoms with Gasteiger partial charge in [-0.25, -0.2) is 0 Å². The van der Waals surface area contributed by atoms with Gasteiger partial charge in [0.15, 0.2) is 0 Å². The third-order valence-electron chi connectivity index (χ3n) is 3.67. The minimum absolute atomic E-state index is 0.0978. The number of hydrogen-bond donors (Lipinski definition) is 1. The lowest BCUT2D eigenvalue weighted by atomic mass is 10.2. The van der Waals surface area contributed by atoms with Crippen LogP contribution in [0.4, 0.5) is 0 Å². The first-order chi connectivity index (χ1) is 10.2. The molecule has 3 aromatic rings. The van der Waals surface area contributed by atoms with Gasteiger partial charge in [0.05, 0.1) is 6.54 Å². The third-order valence-corrected chi connectivity index (χ3v) is 4.70. The Labute approximate surface area is 128 Å². The molecule has 0 atom stereocenters. The maximum absolute atomic E-state index is 12.0. The average molecular weight is 298 g/mol. The molecule has 21 heavy (non-hydrogen) atoms. The van der Waals surface area contributed by atoms with Crippen molar-refractivity contribution in [2.75, 3.05) is 0 Å². The topological polar surface area (TPSA) is 34.0 Å². The molecule has 0 spiro atoms. The van der Waals surface area contributed by atoms with Crippen molar-refractivity contribution in [3.63, 3.8) is 0 Å². The summed E-state index contributed by atoms with van der Waals surface area (Å²) in [6.45, 7) is 3.42. The summed E-state index contributed by atoms with van der Waals surface area (Å²) >= 11 is 1.69. The molecule has 0 radical (unpaired) electrons. The molecular weight excluding hydrogens is 280 g/mol. The molecule has 2 heterocycles. The van der Waals surface area contributed by atoms with Crippen LogP contribution in [0.25, 0.3) is 10.9 Å². The fraction of sp³-hybridized carbons (Fsp3) is 0.235. The van der Waals surface area contributed by atoms with E-state index in [2.05, 4.69) is 46.5 Å². The lowest BCUT2D eigenvalue weighted by Crippen LogP contribution is -2.23. The van der Waals surface area contributed by atoms with Crippen LogP contribution in [0.15, 0.2) is 48.0 Å². The standard InChI is InChI=1S/C17H18N2OS/c1-13-8-11-21-16(13)12-18-17(20)7-10-19-9-6-14-4-2-3-5-15(14)19/h2-6,8-9,11H,7,10,12H2,1H3,(H,18,20). The van der Waals surface area contributed by atoms with Gasteiger partial charge in [-0.05, 0) is 41.5 Å². The highest BCUT2D eigenvalue weighted by molar-refractivity contribution is 7.10. The van der Waals surface area contributed by atoms with E-state index in [-0.39, 0.29) is 5.91 Å². The Balaban J connectivity index is 1.55. The molecule has 0 bridgehead atoms. The van der Waals surface area contributed by atoms with E-state index in [0.717, 1.165) is 0 Å². The molecule has 0 aliphatic carbocycles. The number of amides is 1. The second-order valence-corrected chi connectivity index (χ2v) is 6.12. The molecule has 0 aliphatic heterocycles. The molecule has 0 saturated carbocycles. The van der Waals surface area contributed by atoms with Crippen molar-refractivity contribution in [1.29, 1.82) is 0 Å². The van der Waals surface area contributed by atoms with Crippen molar-refractivity contribution in [1.82, 2.24) is 9.88 Å². The number of aromatic nitrogens is 1. The fourth-order valence-corrected chi connectivity index (χ4v) is 3.26. The van der Waals surface area contributed by atoms with Crippen LogP contribution in [0, 0.1) is 6.92 Å². The monoisotopic (exact) mass is 298 g/mol. The lowest BCUT2D eigenvalue weighted by molar-refractivity contribution is -0.121. The van der Waals surface area contributed by atoms with Crippen molar-refractivity contribution in [3.8, 4) is 0 Å². The molecule has 0 aliphatic rings. The van der Waals surface area contributed by atoms with E-state index in [1.807, 2.05) is 18.3 Å². The number of hydrogen-bond acceptors (Lipinski definition) is 2. The second-order valence-electron chi connectivity index (χ2n) is 5.12. The first-order valence-electron chi connectivity index (χ1n) is 7.07. The summed E-state index contributed by atoms with van der Waals surface area (Å²) in [6, 6.07) is 12.4. The predicted molar refractivity (Wildman–Crippen MR) is 87.5 cm³/mol. The molecule has 108 valence electrons. The summed E-state index contributed by atoms with van der Waals surface area (Å²) < 4.78 is 2.13. The van der Waals surface area contributed by atoms with E-state index in [0.29, 0.717) is 19.5 Å². The van der Waals surface area contributed by atoms with Crippen LogP contribution in [0.1, 0.15) is 16.9 Å². The van der Waals surface area contributed by atoms with Crippen LogP contribution >= 0.6 is 11.3 Å². The SMILES string of the molecule is Cc1ccsc1CNC(=O)CCn1ccc2ccccc21. The third kappa shape index (κ3) is 3.16. The van der Waals surface area contributed by atoms with E-state index in [4.69, 9.17) is 0 Å². The fourth-order valence-electron chi connectivity index (χ4n) is 2.41. The molecule has 4 heteroatoms. The summed E-state index contributed by atoms with van der Waals surface area (Å²) in [4.78, 5) is 13.2. The number of benzene rings is 1. The van der Waals surface area contributed by atoms with Gasteiger partial charge in [-0.3, -0.25) is 4.79 Å². The first-order valence-corrected chi connectivity index (χ1v) is 7.95. The minimum Gasteiger partial charge on any atom is -0.351 e. The van der Waals surface area contributed by atoms with E-state index in [1.54, 1.807) is 11.3 Å². The second kappa shape index (κ2) is 6.14. The predicted octanol–water partition coefficient (Wildman–Crippen LogP) is 3.72. The van der Waals surface area contributed by atoms with Crippen LogP contribution in [0.3, 0.4) is 0 Å². The van der Waals surface area contributed by atoms with Crippen molar-refractivity contribution in [3.05, 3.63) is 58.4 Å². The number of rotatable bonds is 5. The molecule has 1 amide bonds. The Hall–Kier alpha value is -2.07. The van der Waals surface area contributed by atoms with E-state index < -0.39 is 0 Å². The van der Waals surface area contributed by atoms with Crippen LogP contribution < -0.4 is 5.32 Å². The van der Waals surface area contributed by atoms with E-state index in [1.165, 1.54) is 21.3 Å². The summed E-state index contributed by atoms with van der Waals surface area (Å²) in [5, 5.41) is 6.27. The Morgan fingerprint density at radius 1 is 1.24 bits per heavy atom. The molecule has 0 saturated heterocycles. The van der Waals surface area contributed by atoms with Crippen LogP contribution in [-0.2, 0) is 17.9 Å². The van der Waals surface area contributed by atoms with Gasteiger partial charge in [-0.2, -0.15) is 0 Å². The smallest absolute Gasteiger partial charge is 0.222 e. The normalized spacial score (nSPS) is 10.9. The van der Waals surface area contributed by atoms with Crippen molar-refractivity contribution in [2.24, 2.45) is 0 Å². The van der Waals surface area contributed by atoms with Crippen LogP contribution in [0.2, 0.25) is 0 Å². The first kappa shape index (κ1) is 13.9. The summed E-state index contributed by atoms with van der Waals surface area (Å²) in [5.41, 5.74) is 2.43. The average Bonchev–Trinajstić information content (AvgIpc) is 3.09. The zero-order valence-electron chi connectivity index (χ0n) is 12.0. The van der Waals surface area contributed by atoms with Crippen LogP contribution in [0.5, 0.6) is 0 Å². The number of carbonyl (C=O) groups excluding carboxylic acids is 1. The quantitative estimate of drug-likeness (QED) is 0.765. The summed E-state index contributed by atoms with van der Waals surface area (Å²) in [6.07, 6.45) is 2.55. The molecule has 1 N–H and O–H groups in total. The highest BCUT2D eigenvalue weighted by Gasteiger charge is 2.06. The molecule has 0 fully saturated rings.